The number of esters is 1. The van der Waals surface area contributed by atoms with Crippen LogP contribution in [0.1, 0.15) is 36.5 Å². The van der Waals surface area contributed by atoms with Gasteiger partial charge >= 0.3 is 18.2 Å². The Hall–Kier alpha value is -4.08. The Labute approximate surface area is 189 Å². The lowest BCUT2D eigenvalue weighted by atomic mass is 9.94. The van der Waals surface area contributed by atoms with Crippen LogP contribution in [-0.4, -0.2) is 39.7 Å². The number of fused-ring (bicyclic) bond motifs is 1. The molecule has 1 amide bonds. The van der Waals surface area contributed by atoms with Crippen molar-refractivity contribution < 1.29 is 29.0 Å². The summed E-state index contributed by atoms with van der Waals surface area (Å²) in [5, 5.41) is 11.8. The summed E-state index contributed by atoms with van der Waals surface area (Å²) in [6, 6.07) is 9.25. The van der Waals surface area contributed by atoms with Crippen molar-refractivity contribution in [1.82, 2.24) is 14.7 Å². The Kier molecular flexibility index (Phi) is 6.86. The molecule has 10 heteroatoms. The monoisotopic (exact) mass is 455 g/mol. The van der Waals surface area contributed by atoms with Crippen molar-refractivity contribution in [3.05, 3.63) is 63.4 Å². The molecule has 0 radical (unpaired) electrons. The molecular weight excluding hydrogens is 430 g/mol. The molecule has 0 spiro atoms. The number of nitrogens with zero attached hydrogens (tertiary/aromatic N) is 2. The number of carbonyl (C=O) groups is 3. The number of carboxylic acid groups (broad SMARTS) is 1. The van der Waals surface area contributed by atoms with E-state index in [1.165, 1.54) is 18.2 Å². The second kappa shape index (κ2) is 9.60. The van der Waals surface area contributed by atoms with Gasteiger partial charge in [-0.1, -0.05) is 38.1 Å². The fourth-order valence-corrected chi connectivity index (χ4v) is 3.75. The molecule has 3 rings (SSSR count). The fourth-order valence-electron chi connectivity index (χ4n) is 3.75. The number of aryl methyl sites for hydroxylation is 1. The van der Waals surface area contributed by atoms with E-state index in [9.17, 15) is 19.2 Å². The first kappa shape index (κ1) is 23.6. The van der Waals surface area contributed by atoms with Crippen LogP contribution in [-0.2, 0) is 22.6 Å². The van der Waals surface area contributed by atoms with E-state index in [0.29, 0.717) is 0 Å². The molecule has 0 fully saturated rings. The van der Waals surface area contributed by atoms with Gasteiger partial charge in [0.1, 0.15) is 12.1 Å². The second-order valence-electron chi connectivity index (χ2n) is 7.73. The summed E-state index contributed by atoms with van der Waals surface area (Å²) >= 11 is 0. The van der Waals surface area contributed by atoms with Crippen LogP contribution in [0.4, 0.5) is 9.59 Å². The lowest BCUT2D eigenvalue weighted by Crippen LogP contribution is -2.39. The van der Waals surface area contributed by atoms with E-state index in [4.69, 9.17) is 14.6 Å². The van der Waals surface area contributed by atoms with Gasteiger partial charge in [-0.25, -0.2) is 9.59 Å². The van der Waals surface area contributed by atoms with Crippen molar-refractivity contribution >= 4 is 29.1 Å². The third kappa shape index (κ3) is 4.74. The largest absolute Gasteiger partial charge is 0.511 e. The lowest BCUT2D eigenvalue weighted by molar-refractivity contribution is -0.141. The number of rotatable bonds is 6. The average molecular weight is 455 g/mol. The highest BCUT2D eigenvalue weighted by atomic mass is 16.7. The molecule has 10 nitrogen and oxygen atoms in total. The molecule has 0 saturated carbocycles. The third-order valence-corrected chi connectivity index (χ3v) is 5.30. The van der Waals surface area contributed by atoms with Crippen molar-refractivity contribution in [2.75, 3.05) is 7.11 Å². The van der Waals surface area contributed by atoms with Crippen molar-refractivity contribution in [3.8, 4) is 5.75 Å². The zero-order valence-electron chi connectivity index (χ0n) is 18.7. The lowest BCUT2D eigenvalue weighted by Gasteiger charge is -2.17. The Morgan fingerprint density at radius 3 is 2.45 bits per heavy atom. The third-order valence-electron chi connectivity index (χ3n) is 5.30. The van der Waals surface area contributed by atoms with E-state index >= 15 is 0 Å². The average Bonchev–Trinajstić information content (AvgIpc) is 3.04. The highest BCUT2D eigenvalue weighted by Crippen LogP contribution is 2.25. The maximum atomic E-state index is 13.1. The minimum Gasteiger partial charge on any atom is -0.468 e. The topological polar surface area (TPSA) is 129 Å². The molecule has 3 aromatic rings. The van der Waals surface area contributed by atoms with Gasteiger partial charge in [0.2, 0.25) is 0 Å². The van der Waals surface area contributed by atoms with Crippen LogP contribution in [0, 0.1) is 6.92 Å². The molecule has 2 N–H and O–H groups in total. The number of aromatic nitrogens is 2. The van der Waals surface area contributed by atoms with E-state index in [1.54, 1.807) is 0 Å². The molecule has 174 valence electrons. The first-order valence-corrected chi connectivity index (χ1v) is 10.2. The Morgan fingerprint density at radius 2 is 1.82 bits per heavy atom. The highest BCUT2D eigenvalue weighted by molar-refractivity contribution is 5.91. The Morgan fingerprint density at radius 1 is 1.12 bits per heavy atom. The van der Waals surface area contributed by atoms with Crippen molar-refractivity contribution in [1.29, 1.82) is 0 Å². The van der Waals surface area contributed by atoms with Gasteiger partial charge in [-0.05, 0) is 41.7 Å². The molecular formula is C23H25N3O7. The molecule has 1 aromatic heterocycles. The Bertz CT molecular complexity index is 1290. The molecule has 0 bridgehead atoms. The molecule has 1 heterocycles. The number of hydrogen-bond acceptors (Lipinski definition) is 6. The molecule has 0 aliphatic rings. The zero-order valence-corrected chi connectivity index (χ0v) is 18.7. The first-order valence-electron chi connectivity index (χ1n) is 10.2. The number of hydrogen-bond donors (Lipinski definition) is 2. The number of benzene rings is 2. The van der Waals surface area contributed by atoms with Crippen molar-refractivity contribution in [3.63, 3.8) is 0 Å². The molecule has 0 atom stereocenters. The van der Waals surface area contributed by atoms with Gasteiger partial charge in [0.25, 0.3) is 5.56 Å². The number of para-hydroxylation sites is 1. The van der Waals surface area contributed by atoms with Crippen molar-refractivity contribution in [2.24, 2.45) is 0 Å². The maximum absolute atomic E-state index is 13.1. The highest BCUT2D eigenvalue weighted by Gasteiger charge is 2.24. The normalized spacial score (nSPS) is 10.9. The fraction of sp³-hybridized carbons (Fsp3) is 0.304. The van der Waals surface area contributed by atoms with Crippen LogP contribution in [0.15, 0.2) is 41.2 Å². The van der Waals surface area contributed by atoms with Gasteiger partial charge in [-0.15, -0.1) is 0 Å². The van der Waals surface area contributed by atoms with Crippen LogP contribution >= 0.6 is 0 Å². The molecule has 2 aromatic carbocycles. The van der Waals surface area contributed by atoms with Crippen LogP contribution in [0.2, 0.25) is 0 Å². The summed E-state index contributed by atoms with van der Waals surface area (Å²) in [5.74, 6) is -0.700. The van der Waals surface area contributed by atoms with E-state index in [-0.39, 0.29) is 29.1 Å². The quantitative estimate of drug-likeness (QED) is 0.431. The summed E-state index contributed by atoms with van der Waals surface area (Å²) in [6.07, 6.45) is -1.60. The standard InChI is InChI=1S/C23H25N3O7/c1-13(2)15-8-5-7-14(3)17(15)11-24-22(29)26-21(28)16-9-6-10-18(33-23(30)31)20(16)25(26)12-19(27)32-4/h5-10,13H,11-12H2,1-4H3,(H,24,29)(H,30,31). The predicted octanol–water partition coefficient (Wildman–Crippen LogP) is 3.22. The summed E-state index contributed by atoms with van der Waals surface area (Å²) in [4.78, 5) is 49.4. The minimum absolute atomic E-state index is 0.00999. The second-order valence-corrected chi connectivity index (χ2v) is 7.73. The molecule has 0 aliphatic carbocycles. The van der Waals surface area contributed by atoms with Crippen molar-refractivity contribution in [2.45, 2.75) is 39.8 Å². The van der Waals surface area contributed by atoms with Crippen LogP contribution in [0.25, 0.3) is 10.9 Å². The zero-order chi connectivity index (χ0) is 24.3. The van der Waals surface area contributed by atoms with Gasteiger partial charge in [-0.3, -0.25) is 14.3 Å². The number of nitrogens with one attached hydrogen (secondary N) is 1. The van der Waals surface area contributed by atoms with Gasteiger partial charge < -0.3 is 19.9 Å². The number of ether oxygens (including phenoxy) is 2. The van der Waals surface area contributed by atoms with Gasteiger partial charge in [-0.2, -0.15) is 4.68 Å². The molecule has 0 aliphatic heterocycles. The minimum atomic E-state index is -1.60. The van der Waals surface area contributed by atoms with Gasteiger partial charge in [0.05, 0.1) is 12.5 Å². The maximum Gasteiger partial charge on any atom is 0.511 e. The first-order chi connectivity index (χ1) is 15.6. The Balaban J connectivity index is 2.09. The predicted molar refractivity (Wildman–Crippen MR) is 120 cm³/mol. The SMILES string of the molecule is COC(=O)Cn1c2c(OC(=O)O)cccc2c(=O)n1C(=O)NCc1c(C)cccc1C(C)C. The van der Waals surface area contributed by atoms with E-state index in [0.717, 1.165) is 33.2 Å². The van der Waals surface area contributed by atoms with E-state index in [2.05, 4.69) is 5.32 Å². The van der Waals surface area contributed by atoms with Gasteiger partial charge in [0.15, 0.2) is 5.75 Å². The molecule has 33 heavy (non-hydrogen) atoms. The van der Waals surface area contributed by atoms with Crippen LogP contribution < -0.4 is 15.6 Å². The molecule has 0 unspecified atom stereocenters. The van der Waals surface area contributed by atoms with E-state index in [1.807, 2.05) is 39.0 Å². The summed E-state index contributed by atoms with van der Waals surface area (Å²) in [5.41, 5.74) is 2.25. The summed E-state index contributed by atoms with van der Waals surface area (Å²) < 4.78 is 11.3. The van der Waals surface area contributed by atoms with Crippen LogP contribution in [0.5, 0.6) is 5.75 Å². The number of methoxy groups -OCH3 is 1. The van der Waals surface area contributed by atoms with E-state index < -0.39 is 30.3 Å². The smallest absolute Gasteiger partial charge is 0.468 e. The number of amides is 1. The van der Waals surface area contributed by atoms with Gasteiger partial charge in [0, 0.05) is 6.54 Å². The summed E-state index contributed by atoms with van der Waals surface area (Å²) in [6.45, 7) is 5.67. The number of carbonyl (C=O) groups excluding carboxylic acids is 2. The van der Waals surface area contributed by atoms with Crippen LogP contribution in [0.3, 0.4) is 0 Å². The molecule has 0 saturated heterocycles. The summed E-state index contributed by atoms with van der Waals surface area (Å²) in [7, 11) is 1.16.